The molecule has 0 radical (unpaired) electrons. The zero-order valence-electron chi connectivity index (χ0n) is 10.9. The predicted octanol–water partition coefficient (Wildman–Crippen LogP) is 4.33. The van der Waals surface area contributed by atoms with Crippen LogP contribution in [0.4, 0.5) is 0 Å². The van der Waals surface area contributed by atoms with Crippen LogP contribution in [0.3, 0.4) is 0 Å². The van der Waals surface area contributed by atoms with E-state index in [9.17, 15) is 4.79 Å². The number of rotatable bonds is 9. The zero-order valence-corrected chi connectivity index (χ0v) is 12.6. The lowest BCUT2D eigenvalue weighted by molar-refractivity contribution is -0.134. The van der Waals surface area contributed by atoms with Crippen molar-refractivity contribution in [3.63, 3.8) is 0 Å². The molecule has 0 aliphatic carbocycles. The van der Waals surface area contributed by atoms with Crippen molar-refractivity contribution in [2.45, 2.75) is 64.6 Å². The molecule has 0 saturated carbocycles. The Morgan fingerprint density at radius 1 is 1.06 bits per heavy atom. The summed E-state index contributed by atoms with van der Waals surface area (Å²) in [6, 6.07) is 3.30. The fraction of sp³-hybridized carbons (Fsp3) is 0.917. The molecular formula is C12H25ClO2Si. The number of alkyl halides is 1. The molecule has 0 aromatic rings. The number of halogens is 1. The third-order valence-corrected chi connectivity index (χ3v) is 7.83. The Hall–Kier alpha value is -0.0231. The van der Waals surface area contributed by atoms with Crippen molar-refractivity contribution in [2.24, 2.45) is 0 Å². The number of carbonyl (C=O) groups excluding carboxylic acids is 1. The summed E-state index contributed by atoms with van der Waals surface area (Å²) in [5.74, 6) is 0.283. The van der Waals surface area contributed by atoms with Crippen molar-refractivity contribution in [3.05, 3.63) is 0 Å². The SMILES string of the molecule is CCC[Si](CCC)(CCC)OC(=O)CCCl. The average molecular weight is 265 g/mol. The summed E-state index contributed by atoms with van der Waals surface area (Å²) in [6.07, 6.45) is 3.69. The van der Waals surface area contributed by atoms with E-state index in [1.165, 1.54) is 0 Å². The molecule has 0 atom stereocenters. The van der Waals surface area contributed by atoms with Gasteiger partial charge in [0, 0.05) is 5.88 Å². The molecule has 0 amide bonds. The van der Waals surface area contributed by atoms with E-state index in [-0.39, 0.29) is 5.97 Å². The minimum absolute atomic E-state index is 0.0861. The van der Waals surface area contributed by atoms with E-state index < -0.39 is 8.32 Å². The first kappa shape index (κ1) is 16.0. The summed E-state index contributed by atoms with van der Waals surface area (Å²) < 4.78 is 5.82. The average Bonchev–Trinajstić information content (AvgIpc) is 2.18. The van der Waals surface area contributed by atoms with Crippen molar-refractivity contribution in [3.8, 4) is 0 Å². The standard InChI is InChI=1S/C12H25ClO2Si/c1-4-9-16(10-5-2,11-6-3)15-12(14)7-8-13/h4-11H2,1-3H3. The molecule has 0 spiro atoms. The molecule has 0 aromatic heterocycles. The maximum Gasteiger partial charge on any atom is 0.293 e. The molecule has 0 N–H and O–H groups in total. The van der Waals surface area contributed by atoms with Crippen LogP contribution in [0.25, 0.3) is 0 Å². The minimum atomic E-state index is -1.80. The lowest BCUT2D eigenvalue weighted by Gasteiger charge is -2.30. The summed E-state index contributed by atoms with van der Waals surface area (Å²) in [5.41, 5.74) is 0. The van der Waals surface area contributed by atoms with Crippen molar-refractivity contribution >= 4 is 25.9 Å². The van der Waals surface area contributed by atoms with Crippen LogP contribution < -0.4 is 0 Å². The van der Waals surface area contributed by atoms with Gasteiger partial charge in [0.2, 0.25) is 0 Å². The van der Waals surface area contributed by atoms with Gasteiger partial charge >= 0.3 is 0 Å². The van der Waals surface area contributed by atoms with Crippen molar-refractivity contribution in [2.75, 3.05) is 5.88 Å². The van der Waals surface area contributed by atoms with E-state index in [0.29, 0.717) is 12.3 Å². The maximum atomic E-state index is 11.6. The van der Waals surface area contributed by atoms with Gasteiger partial charge in [-0.25, -0.2) is 0 Å². The van der Waals surface area contributed by atoms with Crippen LogP contribution in [0.5, 0.6) is 0 Å². The Balaban J connectivity index is 4.51. The molecule has 0 aliphatic rings. The quantitative estimate of drug-likeness (QED) is 0.458. The topological polar surface area (TPSA) is 26.3 Å². The smallest absolute Gasteiger partial charge is 0.293 e. The molecule has 0 aromatic carbocycles. The summed E-state index contributed by atoms with van der Waals surface area (Å²) in [4.78, 5) is 11.6. The molecule has 0 unspecified atom stereocenters. The van der Waals surface area contributed by atoms with Crippen LogP contribution in [-0.4, -0.2) is 20.2 Å². The molecule has 16 heavy (non-hydrogen) atoms. The molecule has 0 heterocycles. The molecule has 4 heteroatoms. The largest absolute Gasteiger partial charge is 0.519 e. The first-order valence-corrected chi connectivity index (χ1v) is 9.48. The fourth-order valence-corrected chi connectivity index (χ4v) is 6.79. The van der Waals surface area contributed by atoms with Gasteiger partial charge in [0.25, 0.3) is 14.3 Å². The monoisotopic (exact) mass is 264 g/mol. The lowest BCUT2D eigenvalue weighted by Crippen LogP contribution is -2.40. The van der Waals surface area contributed by atoms with E-state index >= 15 is 0 Å². The van der Waals surface area contributed by atoms with Gasteiger partial charge in [0.15, 0.2) is 0 Å². The molecule has 2 nitrogen and oxygen atoms in total. The second-order valence-electron chi connectivity index (χ2n) is 4.35. The van der Waals surface area contributed by atoms with Gasteiger partial charge in [-0.1, -0.05) is 40.0 Å². The van der Waals surface area contributed by atoms with Crippen molar-refractivity contribution in [1.29, 1.82) is 0 Å². The Morgan fingerprint density at radius 3 is 1.81 bits per heavy atom. The maximum absolute atomic E-state index is 11.6. The van der Waals surface area contributed by atoms with Crippen LogP contribution in [-0.2, 0) is 9.22 Å². The van der Waals surface area contributed by atoms with Gasteiger partial charge in [-0.15, -0.1) is 11.6 Å². The van der Waals surface area contributed by atoms with Gasteiger partial charge < -0.3 is 4.43 Å². The number of carbonyl (C=O) groups is 1. The van der Waals surface area contributed by atoms with Gasteiger partial charge in [-0.2, -0.15) is 0 Å². The third kappa shape index (κ3) is 5.90. The highest BCUT2D eigenvalue weighted by atomic mass is 35.5. The second kappa shape index (κ2) is 9.05. The highest BCUT2D eigenvalue weighted by Gasteiger charge is 2.35. The van der Waals surface area contributed by atoms with Crippen LogP contribution in [0, 0.1) is 0 Å². The van der Waals surface area contributed by atoms with Crippen LogP contribution >= 0.6 is 11.6 Å². The fourth-order valence-electron chi connectivity index (χ4n) is 2.26. The van der Waals surface area contributed by atoms with E-state index in [0.717, 1.165) is 37.4 Å². The Kier molecular flexibility index (Phi) is 9.04. The van der Waals surface area contributed by atoms with E-state index in [1.807, 2.05) is 0 Å². The predicted molar refractivity (Wildman–Crippen MR) is 72.5 cm³/mol. The summed E-state index contributed by atoms with van der Waals surface area (Å²) >= 11 is 5.57. The number of hydrogen-bond acceptors (Lipinski definition) is 2. The van der Waals surface area contributed by atoms with E-state index in [1.54, 1.807) is 0 Å². The van der Waals surface area contributed by atoms with Crippen molar-refractivity contribution in [1.82, 2.24) is 0 Å². The van der Waals surface area contributed by atoms with Crippen LogP contribution in [0.1, 0.15) is 46.5 Å². The highest BCUT2D eigenvalue weighted by Crippen LogP contribution is 2.27. The van der Waals surface area contributed by atoms with Gasteiger partial charge in [0.1, 0.15) is 0 Å². The highest BCUT2D eigenvalue weighted by molar-refractivity contribution is 6.75. The van der Waals surface area contributed by atoms with E-state index in [4.69, 9.17) is 16.0 Å². The third-order valence-electron chi connectivity index (χ3n) is 2.75. The van der Waals surface area contributed by atoms with Crippen LogP contribution in [0.2, 0.25) is 18.1 Å². The first-order valence-electron chi connectivity index (χ1n) is 6.42. The minimum Gasteiger partial charge on any atom is -0.519 e. The lowest BCUT2D eigenvalue weighted by atomic mass is 10.5. The second-order valence-corrected chi connectivity index (χ2v) is 8.79. The normalized spacial score (nSPS) is 11.5. The van der Waals surface area contributed by atoms with Gasteiger partial charge in [-0.3, -0.25) is 4.79 Å². The van der Waals surface area contributed by atoms with Crippen molar-refractivity contribution < 1.29 is 9.22 Å². The Labute approximate surface area is 106 Å². The molecule has 0 bridgehead atoms. The molecular weight excluding hydrogens is 240 g/mol. The molecule has 0 rings (SSSR count). The Morgan fingerprint density at radius 2 is 1.50 bits per heavy atom. The van der Waals surface area contributed by atoms with Crippen LogP contribution in [0.15, 0.2) is 0 Å². The number of hydrogen-bond donors (Lipinski definition) is 0. The summed E-state index contributed by atoms with van der Waals surface area (Å²) in [7, 11) is -1.80. The summed E-state index contributed by atoms with van der Waals surface area (Å²) in [6.45, 7) is 6.51. The molecule has 96 valence electrons. The van der Waals surface area contributed by atoms with Gasteiger partial charge in [-0.05, 0) is 18.1 Å². The summed E-state index contributed by atoms with van der Waals surface area (Å²) in [5, 5.41) is 0. The molecule has 0 fully saturated rings. The zero-order chi connectivity index (χ0) is 12.4. The first-order chi connectivity index (χ1) is 7.64. The molecule has 0 aliphatic heterocycles. The van der Waals surface area contributed by atoms with E-state index in [2.05, 4.69) is 20.8 Å². The molecule has 0 saturated heterocycles. The van der Waals surface area contributed by atoms with Gasteiger partial charge in [0.05, 0.1) is 6.42 Å². The Bertz CT molecular complexity index is 180.